The maximum Gasteiger partial charge on any atom is 0.230 e. The number of piperazine rings is 1. The minimum absolute atomic E-state index is 0.195. The maximum atomic E-state index is 12.4. The third-order valence-corrected chi connectivity index (χ3v) is 4.23. The second-order valence-corrected chi connectivity index (χ2v) is 5.20. The lowest BCUT2D eigenvalue weighted by Gasteiger charge is -2.45. The lowest BCUT2D eigenvalue weighted by molar-refractivity contribution is -0.148. The molecule has 1 amide bonds. The van der Waals surface area contributed by atoms with Gasteiger partial charge >= 0.3 is 0 Å². The van der Waals surface area contributed by atoms with Crippen molar-refractivity contribution in [3.05, 3.63) is 0 Å². The fourth-order valence-corrected chi connectivity index (χ4v) is 2.76. The van der Waals surface area contributed by atoms with E-state index in [0.29, 0.717) is 13.1 Å². The molecule has 1 aliphatic heterocycles. The fraction of sp³-hybridized carbons (Fsp3) is 0.917. The van der Waals surface area contributed by atoms with Crippen LogP contribution in [0, 0.1) is 5.41 Å². The minimum Gasteiger partial charge on any atom is -0.395 e. The van der Waals surface area contributed by atoms with Crippen molar-refractivity contribution in [1.29, 1.82) is 0 Å². The maximum absolute atomic E-state index is 12.4. The number of rotatable bonds is 4. The van der Waals surface area contributed by atoms with Crippen molar-refractivity contribution < 1.29 is 9.90 Å². The van der Waals surface area contributed by atoms with E-state index < -0.39 is 0 Å². The summed E-state index contributed by atoms with van der Waals surface area (Å²) in [4.78, 5) is 16.5. The highest BCUT2D eigenvalue weighted by Gasteiger charge is 2.45. The highest BCUT2D eigenvalue weighted by Crippen LogP contribution is 2.41. The zero-order valence-corrected chi connectivity index (χ0v) is 10.4. The molecule has 5 nitrogen and oxygen atoms in total. The Bertz CT molecular complexity index is 265. The number of β-amino-alcohol motifs (C(OH)–C–C–N with tert-alkyl or cyclic N) is 1. The van der Waals surface area contributed by atoms with Crippen LogP contribution in [0.25, 0.3) is 0 Å². The van der Waals surface area contributed by atoms with Crippen molar-refractivity contribution >= 4 is 5.91 Å². The van der Waals surface area contributed by atoms with Gasteiger partial charge < -0.3 is 15.7 Å². The van der Waals surface area contributed by atoms with Crippen LogP contribution in [0.2, 0.25) is 0 Å². The van der Waals surface area contributed by atoms with Crippen molar-refractivity contribution in [3.8, 4) is 0 Å². The molecular formula is C12H23N3O2. The average molecular weight is 241 g/mol. The summed E-state index contributed by atoms with van der Waals surface area (Å²) in [6.45, 7) is 4.69. The second kappa shape index (κ2) is 5.33. The van der Waals surface area contributed by atoms with Gasteiger partial charge in [0.05, 0.1) is 12.0 Å². The van der Waals surface area contributed by atoms with Gasteiger partial charge in [-0.05, 0) is 12.8 Å². The lowest BCUT2D eigenvalue weighted by atomic mass is 9.67. The van der Waals surface area contributed by atoms with Crippen molar-refractivity contribution in [2.75, 3.05) is 45.9 Å². The molecule has 0 spiro atoms. The normalized spacial score (nSPS) is 24.5. The summed E-state index contributed by atoms with van der Waals surface area (Å²) in [7, 11) is 0. The molecule has 1 heterocycles. The van der Waals surface area contributed by atoms with Crippen LogP contribution in [0.3, 0.4) is 0 Å². The molecular weight excluding hydrogens is 218 g/mol. The number of aliphatic hydroxyl groups is 1. The Hall–Kier alpha value is -0.650. The Morgan fingerprint density at radius 3 is 2.29 bits per heavy atom. The first-order valence-corrected chi connectivity index (χ1v) is 6.54. The van der Waals surface area contributed by atoms with Crippen molar-refractivity contribution in [2.45, 2.75) is 19.3 Å². The predicted octanol–water partition coefficient (Wildman–Crippen LogP) is -0.748. The van der Waals surface area contributed by atoms with E-state index in [4.69, 9.17) is 10.8 Å². The van der Waals surface area contributed by atoms with Gasteiger partial charge in [-0.3, -0.25) is 9.69 Å². The van der Waals surface area contributed by atoms with Gasteiger partial charge in [-0.2, -0.15) is 0 Å². The average Bonchev–Trinajstić information content (AvgIpc) is 2.29. The van der Waals surface area contributed by atoms with Crippen LogP contribution in [-0.4, -0.2) is 66.7 Å². The molecule has 5 heteroatoms. The zero-order chi connectivity index (χ0) is 12.3. The van der Waals surface area contributed by atoms with Gasteiger partial charge in [0.25, 0.3) is 0 Å². The molecule has 0 atom stereocenters. The van der Waals surface area contributed by atoms with E-state index in [0.717, 1.165) is 45.4 Å². The molecule has 1 saturated carbocycles. The molecule has 0 radical (unpaired) electrons. The largest absolute Gasteiger partial charge is 0.395 e. The highest BCUT2D eigenvalue weighted by molar-refractivity contribution is 5.84. The van der Waals surface area contributed by atoms with Gasteiger partial charge in [0.1, 0.15) is 0 Å². The van der Waals surface area contributed by atoms with Gasteiger partial charge in [-0.15, -0.1) is 0 Å². The minimum atomic E-state index is -0.237. The van der Waals surface area contributed by atoms with E-state index in [2.05, 4.69) is 4.90 Å². The van der Waals surface area contributed by atoms with Crippen LogP contribution in [0.15, 0.2) is 0 Å². The summed E-state index contributed by atoms with van der Waals surface area (Å²) in [5, 5.41) is 8.87. The van der Waals surface area contributed by atoms with E-state index in [1.54, 1.807) is 0 Å². The standard InChI is InChI=1S/C12H23N3O2/c13-10-12(2-1-3-12)11(17)15-6-4-14(5-7-15)8-9-16/h16H,1-10,13H2. The number of carbonyl (C=O) groups is 1. The number of nitrogens with two attached hydrogens (primary N) is 1. The highest BCUT2D eigenvalue weighted by atomic mass is 16.3. The topological polar surface area (TPSA) is 69.8 Å². The first kappa shape index (κ1) is 12.8. The van der Waals surface area contributed by atoms with Crippen molar-refractivity contribution in [1.82, 2.24) is 9.80 Å². The molecule has 0 aromatic carbocycles. The van der Waals surface area contributed by atoms with Crippen LogP contribution < -0.4 is 5.73 Å². The molecule has 0 aromatic heterocycles. The molecule has 0 bridgehead atoms. The van der Waals surface area contributed by atoms with Crippen LogP contribution in [0.4, 0.5) is 0 Å². The van der Waals surface area contributed by atoms with Crippen molar-refractivity contribution in [3.63, 3.8) is 0 Å². The summed E-state index contributed by atoms with van der Waals surface area (Å²) < 4.78 is 0. The van der Waals surface area contributed by atoms with Crippen LogP contribution >= 0.6 is 0 Å². The Labute approximate surface area is 103 Å². The third-order valence-electron chi connectivity index (χ3n) is 4.23. The summed E-state index contributed by atoms with van der Waals surface area (Å²) in [6, 6.07) is 0. The molecule has 0 aromatic rings. The number of nitrogens with zero attached hydrogens (tertiary/aromatic N) is 2. The van der Waals surface area contributed by atoms with E-state index in [1.165, 1.54) is 0 Å². The van der Waals surface area contributed by atoms with Gasteiger partial charge in [0, 0.05) is 39.3 Å². The summed E-state index contributed by atoms with van der Waals surface area (Å²) in [5.74, 6) is 0.259. The molecule has 2 fully saturated rings. The second-order valence-electron chi connectivity index (χ2n) is 5.20. The Kier molecular flexibility index (Phi) is 4.01. The Morgan fingerprint density at radius 1 is 1.24 bits per heavy atom. The number of carbonyl (C=O) groups excluding carboxylic acids is 1. The number of hydrogen-bond acceptors (Lipinski definition) is 4. The monoisotopic (exact) mass is 241 g/mol. The molecule has 1 aliphatic carbocycles. The number of hydrogen-bond donors (Lipinski definition) is 2. The zero-order valence-electron chi connectivity index (χ0n) is 10.4. The quantitative estimate of drug-likeness (QED) is 0.679. The van der Waals surface area contributed by atoms with Gasteiger partial charge in [-0.25, -0.2) is 0 Å². The molecule has 98 valence electrons. The predicted molar refractivity (Wildman–Crippen MR) is 65.4 cm³/mol. The van der Waals surface area contributed by atoms with E-state index >= 15 is 0 Å². The van der Waals surface area contributed by atoms with E-state index in [9.17, 15) is 4.79 Å². The summed E-state index contributed by atoms with van der Waals surface area (Å²) >= 11 is 0. The molecule has 2 aliphatic rings. The van der Waals surface area contributed by atoms with Gasteiger partial charge in [-0.1, -0.05) is 6.42 Å². The smallest absolute Gasteiger partial charge is 0.230 e. The Morgan fingerprint density at radius 2 is 1.88 bits per heavy atom. The summed E-state index contributed by atoms with van der Waals surface area (Å²) in [5.41, 5.74) is 5.52. The van der Waals surface area contributed by atoms with Crippen LogP contribution in [-0.2, 0) is 4.79 Å². The van der Waals surface area contributed by atoms with Crippen LogP contribution in [0.5, 0.6) is 0 Å². The molecule has 2 rings (SSSR count). The molecule has 0 unspecified atom stereocenters. The first-order valence-electron chi connectivity index (χ1n) is 6.54. The molecule has 17 heavy (non-hydrogen) atoms. The van der Waals surface area contributed by atoms with Crippen LogP contribution in [0.1, 0.15) is 19.3 Å². The molecule has 3 N–H and O–H groups in total. The van der Waals surface area contributed by atoms with E-state index in [-0.39, 0.29) is 17.9 Å². The van der Waals surface area contributed by atoms with Gasteiger partial charge in [0.2, 0.25) is 5.91 Å². The lowest BCUT2D eigenvalue weighted by Crippen LogP contribution is -2.57. The molecule has 1 saturated heterocycles. The Balaban J connectivity index is 1.86. The summed E-state index contributed by atoms with van der Waals surface area (Å²) in [6.07, 6.45) is 3.05. The SMILES string of the molecule is NCC1(C(=O)N2CCN(CCO)CC2)CCC1. The van der Waals surface area contributed by atoms with Gasteiger partial charge in [0.15, 0.2) is 0 Å². The fourth-order valence-electron chi connectivity index (χ4n) is 2.76. The first-order chi connectivity index (χ1) is 8.22. The number of aliphatic hydroxyl groups excluding tert-OH is 1. The number of amides is 1. The third kappa shape index (κ3) is 2.46. The van der Waals surface area contributed by atoms with Crippen molar-refractivity contribution in [2.24, 2.45) is 11.1 Å². The van der Waals surface area contributed by atoms with E-state index in [1.807, 2.05) is 4.90 Å².